The van der Waals surface area contributed by atoms with E-state index in [-0.39, 0.29) is 11.2 Å². The summed E-state index contributed by atoms with van der Waals surface area (Å²) in [7, 11) is 0. The van der Waals surface area contributed by atoms with E-state index in [1.807, 2.05) is 37.3 Å². The van der Waals surface area contributed by atoms with Crippen molar-refractivity contribution in [2.24, 2.45) is 0 Å². The summed E-state index contributed by atoms with van der Waals surface area (Å²) >= 11 is 4.89. The lowest BCUT2D eigenvalue weighted by molar-refractivity contribution is -0.115. The molecular formula is C16H13BrN2OS. The molecular weight excluding hydrogens is 348 g/mol. The van der Waals surface area contributed by atoms with E-state index in [2.05, 4.69) is 21.2 Å². The first-order chi connectivity index (χ1) is 10.1. The number of nitrogens with one attached hydrogen (secondary N) is 1. The van der Waals surface area contributed by atoms with Crippen LogP contribution in [0.5, 0.6) is 0 Å². The van der Waals surface area contributed by atoms with Gasteiger partial charge in [-0.3, -0.25) is 4.79 Å². The first kappa shape index (κ1) is 15.6. The average Bonchev–Trinajstić information content (AvgIpc) is 2.50. The maximum absolute atomic E-state index is 12.1. The molecule has 1 N–H and O–H groups in total. The summed E-state index contributed by atoms with van der Waals surface area (Å²) in [5.41, 5.74) is 1.27. The quantitative estimate of drug-likeness (QED) is 0.819. The van der Waals surface area contributed by atoms with Gasteiger partial charge >= 0.3 is 0 Å². The van der Waals surface area contributed by atoms with E-state index in [0.717, 1.165) is 9.37 Å². The van der Waals surface area contributed by atoms with Crippen molar-refractivity contribution in [3.8, 4) is 6.07 Å². The molecule has 1 unspecified atom stereocenters. The standard InChI is InChI=1S/C16H13BrN2OS/c1-11(21-15-8-4-13(17)5-9-15)16(20)19-14-6-2-12(10-18)3-7-14/h2-9,11H,1H3,(H,19,20). The number of hydrogen-bond donors (Lipinski definition) is 1. The molecule has 0 saturated carbocycles. The van der Waals surface area contributed by atoms with Crippen LogP contribution in [-0.4, -0.2) is 11.2 Å². The summed E-state index contributed by atoms with van der Waals surface area (Å²) in [5, 5.41) is 11.4. The first-order valence-corrected chi connectivity index (χ1v) is 7.99. The minimum Gasteiger partial charge on any atom is -0.325 e. The van der Waals surface area contributed by atoms with Crippen LogP contribution in [-0.2, 0) is 4.79 Å². The zero-order chi connectivity index (χ0) is 15.2. The third kappa shape index (κ3) is 4.62. The number of carbonyl (C=O) groups excluding carboxylic acids is 1. The Bertz CT molecular complexity index is 662. The zero-order valence-corrected chi connectivity index (χ0v) is 13.7. The van der Waals surface area contributed by atoms with Gasteiger partial charge in [0.05, 0.1) is 16.9 Å². The van der Waals surface area contributed by atoms with Crippen LogP contribution < -0.4 is 5.32 Å². The highest BCUT2D eigenvalue weighted by Gasteiger charge is 2.14. The van der Waals surface area contributed by atoms with Crippen molar-refractivity contribution in [3.63, 3.8) is 0 Å². The number of amides is 1. The number of benzene rings is 2. The van der Waals surface area contributed by atoms with Crippen LogP contribution in [0.4, 0.5) is 5.69 Å². The molecule has 0 spiro atoms. The molecule has 0 radical (unpaired) electrons. The Labute approximate surface area is 136 Å². The zero-order valence-electron chi connectivity index (χ0n) is 11.3. The molecule has 1 amide bonds. The Morgan fingerprint density at radius 1 is 1.19 bits per heavy atom. The van der Waals surface area contributed by atoms with E-state index in [1.165, 1.54) is 11.8 Å². The van der Waals surface area contributed by atoms with Crippen molar-refractivity contribution in [1.29, 1.82) is 5.26 Å². The maximum Gasteiger partial charge on any atom is 0.237 e. The average molecular weight is 361 g/mol. The van der Waals surface area contributed by atoms with Gasteiger partial charge in [0.1, 0.15) is 0 Å². The van der Waals surface area contributed by atoms with Gasteiger partial charge in [0.2, 0.25) is 5.91 Å². The highest BCUT2D eigenvalue weighted by molar-refractivity contribution is 9.10. The van der Waals surface area contributed by atoms with Crippen molar-refractivity contribution in [1.82, 2.24) is 0 Å². The molecule has 0 aliphatic heterocycles. The number of anilines is 1. The van der Waals surface area contributed by atoms with E-state index < -0.39 is 0 Å². The number of rotatable bonds is 4. The van der Waals surface area contributed by atoms with Crippen molar-refractivity contribution in [2.75, 3.05) is 5.32 Å². The fourth-order valence-corrected chi connectivity index (χ4v) is 2.77. The number of carbonyl (C=O) groups is 1. The molecule has 2 aromatic rings. The first-order valence-electron chi connectivity index (χ1n) is 6.32. The largest absolute Gasteiger partial charge is 0.325 e. The van der Waals surface area contributed by atoms with Gasteiger partial charge in [0, 0.05) is 15.1 Å². The fraction of sp³-hybridized carbons (Fsp3) is 0.125. The maximum atomic E-state index is 12.1. The van der Waals surface area contributed by atoms with Gasteiger partial charge in [0.25, 0.3) is 0 Å². The lowest BCUT2D eigenvalue weighted by Gasteiger charge is -2.12. The Hall–Kier alpha value is -1.77. The SMILES string of the molecule is CC(Sc1ccc(Br)cc1)C(=O)Nc1ccc(C#N)cc1. The number of nitrogens with zero attached hydrogens (tertiary/aromatic N) is 1. The second-order valence-electron chi connectivity index (χ2n) is 4.39. The normalized spacial score (nSPS) is 11.5. The molecule has 0 saturated heterocycles. The molecule has 0 aromatic heterocycles. The topological polar surface area (TPSA) is 52.9 Å². The number of thioether (sulfide) groups is 1. The van der Waals surface area contributed by atoms with Crippen LogP contribution >= 0.6 is 27.7 Å². The smallest absolute Gasteiger partial charge is 0.237 e. The van der Waals surface area contributed by atoms with Crippen molar-refractivity contribution in [3.05, 3.63) is 58.6 Å². The number of hydrogen-bond acceptors (Lipinski definition) is 3. The third-order valence-corrected chi connectivity index (χ3v) is 4.42. The van der Waals surface area contributed by atoms with Crippen LogP contribution in [0, 0.1) is 11.3 Å². The predicted molar refractivity (Wildman–Crippen MR) is 89.2 cm³/mol. The summed E-state index contributed by atoms with van der Waals surface area (Å²) in [4.78, 5) is 13.2. The van der Waals surface area contributed by atoms with E-state index >= 15 is 0 Å². The molecule has 0 aliphatic carbocycles. The summed E-state index contributed by atoms with van der Waals surface area (Å²) in [6, 6.07) is 16.7. The van der Waals surface area contributed by atoms with Crippen LogP contribution in [0.2, 0.25) is 0 Å². The van der Waals surface area contributed by atoms with Gasteiger partial charge in [0.15, 0.2) is 0 Å². The Balaban J connectivity index is 1.95. The van der Waals surface area contributed by atoms with Gasteiger partial charge < -0.3 is 5.32 Å². The van der Waals surface area contributed by atoms with Crippen molar-refractivity contribution < 1.29 is 4.79 Å². The molecule has 0 bridgehead atoms. The van der Waals surface area contributed by atoms with Gasteiger partial charge in [-0.2, -0.15) is 5.26 Å². The van der Waals surface area contributed by atoms with E-state index in [1.54, 1.807) is 24.3 Å². The van der Waals surface area contributed by atoms with Crippen LogP contribution in [0.15, 0.2) is 57.9 Å². The number of halogens is 1. The molecule has 1 atom stereocenters. The molecule has 2 rings (SSSR count). The minimum absolute atomic E-state index is 0.0624. The second-order valence-corrected chi connectivity index (χ2v) is 6.72. The molecule has 106 valence electrons. The van der Waals surface area contributed by atoms with Gasteiger partial charge in [-0.25, -0.2) is 0 Å². The van der Waals surface area contributed by atoms with Crippen LogP contribution in [0.25, 0.3) is 0 Å². The Morgan fingerprint density at radius 3 is 2.38 bits per heavy atom. The second kappa shape index (κ2) is 7.30. The molecule has 3 nitrogen and oxygen atoms in total. The molecule has 0 heterocycles. The monoisotopic (exact) mass is 360 g/mol. The summed E-state index contributed by atoms with van der Waals surface area (Å²) in [6.45, 7) is 1.87. The fourth-order valence-electron chi connectivity index (χ4n) is 1.64. The molecule has 21 heavy (non-hydrogen) atoms. The van der Waals surface area contributed by atoms with Crippen molar-refractivity contribution in [2.45, 2.75) is 17.1 Å². The molecule has 0 aliphatic rings. The van der Waals surface area contributed by atoms with E-state index in [0.29, 0.717) is 11.3 Å². The molecule has 5 heteroatoms. The van der Waals surface area contributed by atoms with Crippen LogP contribution in [0.1, 0.15) is 12.5 Å². The van der Waals surface area contributed by atoms with Gasteiger partial charge in [-0.05, 0) is 55.5 Å². The molecule has 2 aromatic carbocycles. The van der Waals surface area contributed by atoms with Crippen LogP contribution in [0.3, 0.4) is 0 Å². The van der Waals surface area contributed by atoms with E-state index in [4.69, 9.17) is 5.26 Å². The Morgan fingerprint density at radius 2 is 1.81 bits per heavy atom. The third-order valence-electron chi connectivity index (χ3n) is 2.78. The number of nitriles is 1. The van der Waals surface area contributed by atoms with Crippen molar-refractivity contribution >= 4 is 39.3 Å². The highest BCUT2D eigenvalue weighted by atomic mass is 79.9. The summed E-state index contributed by atoms with van der Waals surface area (Å²) in [6.07, 6.45) is 0. The minimum atomic E-state index is -0.207. The predicted octanol–water partition coefficient (Wildman–Crippen LogP) is 4.44. The van der Waals surface area contributed by atoms with E-state index in [9.17, 15) is 4.79 Å². The summed E-state index contributed by atoms with van der Waals surface area (Å²) < 4.78 is 1.02. The highest BCUT2D eigenvalue weighted by Crippen LogP contribution is 2.25. The summed E-state index contributed by atoms with van der Waals surface area (Å²) in [5.74, 6) is -0.0624. The van der Waals surface area contributed by atoms with Gasteiger partial charge in [-0.15, -0.1) is 11.8 Å². The lowest BCUT2D eigenvalue weighted by atomic mass is 10.2. The lowest BCUT2D eigenvalue weighted by Crippen LogP contribution is -2.22. The molecule has 0 fully saturated rings. The Kier molecular flexibility index (Phi) is 5.43. The van der Waals surface area contributed by atoms with Gasteiger partial charge in [-0.1, -0.05) is 15.9 Å².